The number of rotatable bonds is 1. The monoisotopic (exact) mass is 75.1 g/mol. The molecule has 0 unspecified atom stereocenters. The van der Waals surface area contributed by atoms with Crippen LogP contribution in [0.3, 0.4) is 0 Å². The second-order valence-corrected chi connectivity index (χ2v) is 1.39. The van der Waals surface area contributed by atoms with Crippen molar-refractivity contribution < 1.29 is 18.9 Å². The van der Waals surface area contributed by atoms with Crippen molar-refractivity contribution >= 4 is 7.85 Å². The van der Waals surface area contributed by atoms with Gasteiger partial charge in [0, 0.05) is 0 Å². The molecule has 2 heteroatoms. The maximum absolute atomic E-state index is 5.29. The summed E-state index contributed by atoms with van der Waals surface area (Å²) in [6.07, 6.45) is 1.08. The van der Waals surface area contributed by atoms with Gasteiger partial charge in [0.2, 0.25) is 0 Å². The van der Waals surface area contributed by atoms with Crippen molar-refractivity contribution in [3.8, 4) is 0 Å². The predicted octanol–water partition coefficient (Wildman–Crippen LogP) is -1.62. The molecule has 0 aromatic rings. The topological polar surface area (TPSA) is 0 Å². The van der Waals surface area contributed by atoms with Crippen molar-refractivity contribution in [1.82, 2.24) is 0 Å². The van der Waals surface area contributed by atoms with Gasteiger partial charge in [-0.15, -0.1) is 6.92 Å². The zero-order chi connectivity index (χ0) is 4.28. The SMILES string of the molecule is [B-][C@H](C)CC.[Li+]. The van der Waals surface area contributed by atoms with E-state index in [9.17, 15) is 0 Å². The maximum atomic E-state index is 5.29. The summed E-state index contributed by atoms with van der Waals surface area (Å²) in [4.78, 5) is 0. The van der Waals surface area contributed by atoms with Crippen LogP contribution in [0.15, 0.2) is 0 Å². The summed E-state index contributed by atoms with van der Waals surface area (Å²) < 4.78 is 0. The van der Waals surface area contributed by atoms with Gasteiger partial charge in [0.15, 0.2) is 0 Å². The molecule has 0 aliphatic carbocycles. The molecule has 3 radical (unpaired) electrons. The van der Waals surface area contributed by atoms with E-state index in [1.54, 1.807) is 0 Å². The van der Waals surface area contributed by atoms with Gasteiger partial charge in [-0.05, 0) is 0 Å². The summed E-state index contributed by atoms with van der Waals surface area (Å²) in [5, 5.41) is 0. The van der Waals surface area contributed by atoms with Crippen LogP contribution in [0, 0.1) is 0 Å². The smallest absolute Gasteiger partial charge is 0.622 e. The van der Waals surface area contributed by atoms with Crippen molar-refractivity contribution in [2.75, 3.05) is 0 Å². The molecule has 0 aliphatic rings. The first-order valence-corrected chi connectivity index (χ1v) is 2.03. The van der Waals surface area contributed by atoms with Crippen LogP contribution in [-0.2, 0) is 0 Å². The molecule has 0 rings (SSSR count). The Bertz CT molecular complexity index is 21.5. The van der Waals surface area contributed by atoms with Crippen LogP contribution in [0.2, 0.25) is 5.82 Å². The van der Waals surface area contributed by atoms with Gasteiger partial charge < -0.3 is 7.85 Å². The average Bonchev–Trinajstić information content (AvgIpc) is 1.38. The van der Waals surface area contributed by atoms with E-state index in [0.29, 0.717) is 5.82 Å². The zero-order valence-electron chi connectivity index (χ0n) is 4.86. The fourth-order valence-corrected chi connectivity index (χ4v) is 0. The van der Waals surface area contributed by atoms with Gasteiger partial charge in [-0.3, -0.25) is 5.82 Å². The van der Waals surface area contributed by atoms with Gasteiger partial charge >= 0.3 is 18.9 Å². The molecule has 0 aromatic carbocycles. The van der Waals surface area contributed by atoms with Crippen molar-refractivity contribution in [2.24, 2.45) is 0 Å². The Balaban J connectivity index is 0. The first kappa shape index (κ1) is 9.83. The van der Waals surface area contributed by atoms with Gasteiger partial charge in [-0.2, -0.15) is 0 Å². The third-order valence-electron chi connectivity index (χ3n) is 0.644. The van der Waals surface area contributed by atoms with Crippen LogP contribution in [0.1, 0.15) is 20.3 Å². The van der Waals surface area contributed by atoms with E-state index >= 15 is 0 Å². The first-order chi connectivity index (χ1) is 2.27. The standard InChI is InChI=1S/C4H9B.Li/c1-3-4(2)5;/h4H,3H2,1-2H3;/q-1;+1/t4-;/m1./s1. The summed E-state index contributed by atoms with van der Waals surface area (Å²) >= 11 is 0. The fourth-order valence-electron chi connectivity index (χ4n) is 0. The maximum Gasteiger partial charge on any atom is 1.00 e. The second kappa shape index (κ2) is 5.66. The van der Waals surface area contributed by atoms with E-state index in [2.05, 4.69) is 6.92 Å². The molecule has 0 fully saturated rings. The van der Waals surface area contributed by atoms with Crippen molar-refractivity contribution in [2.45, 2.75) is 26.1 Å². The first-order valence-electron chi connectivity index (χ1n) is 2.03. The van der Waals surface area contributed by atoms with Crippen LogP contribution >= 0.6 is 0 Å². The van der Waals surface area contributed by atoms with E-state index < -0.39 is 0 Å². The van der Waals surface area contributed by atoms with Crippen LogP contribution in [-0.4, -0.2) is 7.85 Å². The molecule has 0 N–H and O–H groups in total. The zero-order valence-corrected chi connectivity index (χ0v) is 4.86. The molecule has 29 valence electrons. The summed E-state index contributed by atoms with van der Waals surface area (Å²) in [7, 11) is 5.29. The molecule has 0 bridgehead atoms. The second-order valence-electron chi connectivity index (χ2n) is 1.39. The minimum atomic E-state index is 0. The fraction of sp³-hybridized carbons (Fsp3) is 1.00. The van der Waals surface area contributed by atoms with Crippen molar-refractivity contribution in [3.05, 3.63) is 0 Å². The largest absolute Gasteiger partial charge is 1.00 e. The number of hydrogen-bond donors (Lipinski definition) is 0. The summed E-state index contributed by atoms with van der Waals surface area (Å²) in [6.45, 7) is 4.07. The average molecular weight is 74.9 g/mol. The van der Waals surface area contributed by atoms with Crippen LogP contribution in [0.4, 0.5) is 0 Å². The Kier molecular flexibility index (Phi) is 9.27. The molecule has 6 heavy (non-hydrogen) atoms. The number of hydrogen-bond acceptors (Lipinski definition) is 0. The van der Waals surface area contributed by atoms with E-state index in [1.807, 2.05) is 6.92 Å². The Morgan fingerprint density at radius 3 is 1.83 bits per heavy atom. The Labute approximate surface area is 53.3 Å². The molecule has 0 aromatic heterocycles. The summed E-state index contributed by atoms with van der Waals surface area (Å²) in [6, 6.07) is 0. The van der Waals surface area contributed by atoms with Crippen LogP contribution in [0.5, 0.6) is 0 Å². The molecule has 0 spiro atoms. The molecule has 0 amide bonds. The van der Waals surface area contributed by atoms with E-state index in [4.69, 9.17) is 7.85 Å². The van der Waals surface area contributed by atoms with E-state index in [1.165, 1.54) is 0 Å². The molecule has 0 nitrogen and oxygen atoms in total. The summed E-state index contributed by atoms with van der Waals surface area (Å²) in [5.41, 5.74) is 0. The summed E-state index contributed by atoms with van der Waals surface area (Å²) in [5.74, 6) is 0.384. The molecular formula is C4H9BLi. The molecule has 0 heterocycles. The van der Waals surface area contributed by atoms with Crippen LogP contribution in [0.25, 0.3) is 0 Å². The Morgan fingerprint density at radius 2 is 1.83 bits per heavy atom. The predicted molar refractivity (Wildman–Crippen MR) is 25.5 cm³/mol. The minimum Gasteiger partial charge on any atom is -0.622 e. The Hall–Kier alpha value is 0.662. The Morgan fingerprint density at radius 1 is 1.67 bits per heavy atom. The van der Waals surface area contributed by atoms with Gasteiger partial charge in [0.1, 0.15) is 0 Å². The minimum absolute atomic E-state index is 0. The third-order valence-corrected chi connectivity index (χ3v) is 0.644. The quantitative estimate of drug-likeness (QED) is 0.328. The molecule has 1 atom stereocenters. The van der Waals surface area contributed by atoms with Crippen LogP contribution < -0.4 is 18.9 Å². The van der Waals surface area contributed by atoms with Gasteiger partial charge in [0.25, 0.3) is 0 Å². The molecule has 0 saturated carbocycles. The molecule has 0 saturated heterocycles. The van der Waals surface area contributed by atoms with E-state index in [-0.39, 0.29) is 18.9 Å². The third kappa shape index (κ3) is 8.82. The molecular weight excluding hydrogens is 65.8 g/mol. The van der Waals surface area contributed by atoms with E-state index in [0.717, 1.165) is 6.42 Å². The van der Waals surface area contributed by atoms with Gasteiger partial charge in [-0.1, -0.05) is 13.3 Å². The van der Waals surface area contributed by atoms with Gasteiger partial charge in [0.05, 0.1) is 0 Å². The van der Waals surface area contributed by atoms with Crippen molar-refractivity contribution in [1.29, 1.82) is 0 Å². The normalized spacial score (nSPS) is 12.5. The van der Waals surface area contributed by atoms with Crippen molar-refractivity contribution in [3.63, 3.8) is 0 Å². The van der Waals surface area contributed by atoms with Gasteiger partial charge in [-0.25, -0.2) is 0 Å². The molecule has 0 aliphatic heterocycles.